The van der Waals surface area contributed by atoms with Gasteiger partial charge in [0, 0.05) is 11.7 Å². The highest BCUT2D eigenvalue weighted by atomic mass is 35.5. The van der Waals surface area contributed by atoms with Crippen LogP contribution in [-0.2, 0) is 9.59 Å². The molecule has 0 radical (unpaired) electrons. The number of rotatable bonds is 5. The molecule has 2 fully saturated rings. The Morgan fingerprint density at radius 1 is 1.33 bits per heavy atom. The minimum atomic E-state index is -0.221. The van der Waals surface area contributed by atoms with Crippen LogP contribution in [0.3, 0.4) is 0 Å². The lowest BCUT2D eigenvalue weighted by molar-refractivity contribution is -0.126. The molecule has 1 aromatic rings. The van der Waals surface area contributed by atoms with Crippen molar-refractivity contribution in [3.05, 3.63) is 28.8 Å². The highest BCUT2D eigenvalue weighted by Crippen LogP contribution is 2.23. The minimum Gasteiger partial charge on any atom is -0.352 e. The molecule has 2 amide bonds. The molecule has 2 aliphatic rings. The van der Waals surface area contributed by atoms with E-state index >= 15 is 0 Å². The molecule has 0 spiro atoms. The number of hydrogen-bond acceptors (Lipinski definition) is 4. The van der Waals surface area contributed by atoms with Crippen molar-refractivity contribution in [2.45, 2.75) is 37.8 Å². The van der Waals surface area contributed by atoms with E-state index in [0.29, 0.717) is 22.3 Å². The summed E-state index contributed by atoms with van der Waals surface area (Å²) in [5, 5.41) is 14.9. The van der Waals surface area contributed by atoms with Crippen molar-refractivity contribution >= 4 is 29.1 Å². The van der Waals surface area contributed by atoms with E-state index in [1.165, 1.54) is 0 Å². The number of carbonyl (C=O) groups excluding carboxylic acids is 2. The van der Waals surface area contributed by atoms with E-state index in [-0.39, 0.29) is 24.4 Å². The summed E-state index contributed by atoms with van der Waals surface area (Å²) < 4.78 is 0. The molecule has 0 bridgehead atoms. The Balaban J connectivity index is 1.56. The van der Waals surface area contributed by atoms with Crippen molar-refractivity contribution in [3.8, 4) is 6.07 Å². The van der Waals surface area contributed by atoms with Crippen molar-refractivity contribution < 1.29 is 9.59 Å². The topological polar surface area (TPSA) is 85.2 Å². The molecule has 1 aliphatic carbocycles. The van der Waals surface area contributed by atoms with Crippen LogP contribution in [0.25, 0.3) is 0 Å². The minimum absolute atomic E-state index is 0.0317. The Kier molecular flexibility index (Phi) is 5.03. The zero-order valence-corrected chi connectivity index (χ0v) is 14.0. The van der Waals surface area contributed by atoms with Gasteiger partial charge in [0.25, 0.3) is 0 Å². The van der Waals surface area contributed by atoms with Gasteiger partial charge in [-0.2, -0.15) is 5.26 Å². The summed E-state index contributed by atoms with van der Waals surface area (Å²) in [7, 11) is 0. The number of anilines is 1. The second-order valence-electron chi connectivity index (χ2n) is 6.27. The summed E-state index contributed by atoms with van der Waals surface area (Å²) >= 11 is 5.97. The number of nitriles is 1. The van der Waals surface area contributed by atoms with Crippen LogP contribution in [0.4, 0.5) is 5.69 Å². The Labute approximate surface area is 145 Å². The highest BCUT2D eigenvalue weighted by Gasteiger charge is 2.34. The predicted octanol–water partition coefficient (Wildman–Crippen LogP) is 1.89. The molecule has 1 heterocycles. The highest BCUT2D eigenvalue weighted by molar-refractivity contribution is 6.32. The molecule has 7 heteroatoms. The first-order chi connectivity index (χ1) is 11.6. The maximum Gasteiger partial charge on any atom is 0.238 e. The monoisotopic (exact) mass is 346 g/mol. The lowest BCUT2D eigenvalue weighted by atomic mass is 10.2. The summed E-state index contributed by atoms with van der Waals surface area (Å²) in [6, 6.07) is 6.85. The predicted molar refractivity (Wildman–Crippen MR) is 90.6 cm³/mol. The van der Waals surface area contributed by atoms with Gasteiger partial charge in [0.1, 0.15) is 6.07 Å². The van der Waals surface area contributed by atoms with Crippen LogP contribution < -0.4 is 10.6 Å². The molecule has 0 aromatic heterocycles. The summed E-state index contributed by atoms with van der Waals surface area (Å²) in [6.45, 7) is 0.907. The van der Waals surface area contributed by atoms with Crippen molar-refractivity contribution in [1.29, 1.82) is 5.26 Å². The smallest absolute Gasteiger partial charge is 0.238 e. The first-order valence-corrected chi connectivity index (χ1v) is 8.48. The van der Waals surface area contributed by atoms with E-state index in [9.17, 15) is 9.59 Å². The molecule has 1 unspecified atom stereocenters. The van der Waals surface area contributed by atoms with Gasteiger partial charge >= 0.3 is 0 Å². The third kappa shape index (κ3) is 4.05. The third-order valence-electron chi connectivity index (χ3n) is 4.31. The van der Waals surface area contributed by atoms with E-state index in [1.54, 1.807) is 18.2 Å². The Morgan fingerprint density at radius 3 is 2.79 bits per heavy atom. The number of benzene rings is 1. The van der Waals surface area contributed by atoms with Gasteiger partial charge in [0.2, 0.25) is 11.8 Å². The lowest BCUT2D eigenvalue weighted by Crippen LogP contribution is -2.46. The van der Waals surface area contributed by atoms with Gasteiger partial charge in [0.05, 0.1) is 23.2 Å². The van der Waals surface area contributed by atoms with E-state index < -0.39 is 0 Å². The van der Waals surface area contributed by atoms with E-state index in [0.717, 1.165) is 32.2 Å². The van der Waals surface area contributed by atoms with Gasteiger partial charge in [0.15, 0.2) is 0 Å². The van der Waals surface area contributed by atoms with Gasteiger partial charge < -0.3 is 10.6 Å². The molecule has 1 saturated carbocycles. The van der Waals surface area contributed by atoms with E-state index in [2.05, 4.69) is 10.6 Å². The van der Waals surface area contributed by atoms with Crippen molar-refractivity contribution in [2.24, 2.45) is 0 Å². The summed E-state index contributed by atoms with van der Waals surface area (Å²) in [6.07, 6.45) is 3.81. The molecule has 6 nitrogen and oxygen atoms in total. The fraction of sp³-hybridized carbons (Fsp3) is 0.471. The fourth-order valence-electron chi connectivity index (χ4n) is 2.91. The molecular weight excluding hydrogens is 328 g/mol. The molecule has 2 N–H and O–H groups in total. The first kappa shape index (κ1) is 16.7. The molecular formula is C17H19ClN4O2. The van der Waals surface area contributed by atoms with Crippen LogP contribution in [0, 0.1) is 11.3 Å². The van der Waals surface area contributed by atoms with E-state index in [1.807, 2.05) is 11.0 Å². The number of likely N-dealkylation sites (tertiary alicyclic amines) is 1. The Morgan fingerprint density at radius 2 is 2.12 bits per heavy atom. The molecule has 1 aromatic carbocycles. The quantitative estimate of drug-likeness (QED) is 0.852. The van der Waals surface area contributed by atoms with Crippen molar-refractivity contribution in [3.63, 3.8) is 0 Å². The average Bonchev–Trinajstić information content (AvgIpc) is 3.23. The van der Waals surface area contributed by atoms with Gasteiger partial charge in [-0.05, 0) is 50.4 Å². The zero-order chi connectivity index (χ0) is 17.1. The van der Waals surface area contributed by atoms with Gasteiger partial charge in [-0.3, -0.25) is 14.5 Å². The molecule has 126 valence electrons. The third-order valence-corrected chi connectivity index (χ3v) is 4.62. The summed E-state index contributed by atoms with van der Waals surface area (Å²) in [4.78, 5) is 26.4. The lowest BCUT2D eigenvalue weighted by Gasteiger charge is -2.23. The van der Waals surface area contributed by atoms with Crippen LogP contribution in [0.5, 0.6) is 0 Å². The van der Waals surface area contributed by atoms with E-state index in [4.69, 9.17) is 16.9 Å². The first-order valence-electron chi connectivity index (χ1n) is 8.11. The average molecular weight is 347 g/mol. The number of halogens is 1. The van der Waals surface area contributed by atoms with Crippen molar-refractivity contribution in [2.75, 3.05) is 18.4 Å². The molecule has 1 atom stereocenters. The van der Waals surface area contributed by atoms with Crippen LogP contribution >= 0.6 is 11.6 Å². The fourth-order valence-corrected chi connectivity index (χ4v) is 3.13. The SMILES string of the molecule is N#Cc1ccc(NC(=O)CN2CCCC2C(=O)NC2CC2)cc1Cl. The van der Waals surface area contributed by atoms with Gasteiger partial charge in [-0.1, -0.05) is 11.6 Å². The van der Waals surface area contributed by atoms with Crippen LogP contribution in [0.15, 0.2) is 18.2 Å². The van der Waals surface area contributed by atoms with Crippen molar-refractivity contribution in [1.82, 2.24) is 10.2 Å². The molecule has 3 rings (SSSR count). The standard InChI is InChI=1S/C17H19ClN4O2/c18-14-8-13(4-3-11(14)9-19)20-16(23)10-22-7-1-2-15(22)17(24)21-12-5-6-12/h3-4,8,12,15H,1-2,5-7,10H2,(H,20,23)(H,21,24). The Hall–Kier alpha value is -2.10. The van der Waals surface area contributed by atoms with Crippen LogP contribution in [0.1, 0.15) is 31.2 Å². The normalized spacial score (nSPS) is 20.4. The van der Waals surface area contributed by atoms with Crippen LogP contribution in [-0.4, -0.2) is 41.9 Å². The summed E-state index contributed by atoms with van der Waals surface area (Å²) in [5.74, 6) is -0.161. The molecule has 24 heavy (non-hydrogen) atoms. The van der Waals surface area contributed by atoms with Crippen LogP contribution in [0.2, 0.25) is 5.02 Å². The van der Waals surface area contributed by atoms with Gasteiger partial charge in [-0.25, -0.2) is 0 Å². The number of amides is 2. The maximum absolute atomic E-state index is 12.2. The molecule has 1 saturated heterocycles. The Bertz CT molecular complexity index is 696. The molecule has 1 aliphatic heterocycles. The summed E-state index contributed by atoms with van der Waals surface area (Å²) in [5.41, 5.74) is 0.910. The zero-order valence-electron chi connectivity index (χ0n) is 13.2. The second-order valence-corrected chi connectivity index (χ2v) is 6.67. The number of nitrogens with one attached hydrogen (secondary N) is 2. The largest absolute Gasteiger partial charge is 0.352 e. The van der Waals surface area contributed by atoms with Gasteiger partial charge in [-0.15, -0.1) is 0 Å². The number of carbonyl (C=O) groups is 2. The number of nitrogens with zero attached hydrogens (tertiary/aromatic N) is 2. The maximum atomic E-state index is 12.2. The number of hydrogen-bond donors (Lipinski definition) is 2. The second kappa shape index (κ2) is 7.20.